The smallest absolute Gasteiger partial charge is 0.249 e. The van der Waals surface area contributed by atoms with Gasteiger partial charge in [0.1, 0.15) is 18.1 Å². The number of ether oxygens (including phenoxy) is 2. The molecule has 6 nitrogen and oxygen atoms in total. The molecule has 3 aromatic carbocycles. The molecular formula is C29H29N3O3. The van der Waals surface area contributed by atoms with Crippen molar-refractivity contribution in [2.75, 3.05) is 12.4 Å². The number of nitrogens with zero attached hydrogens (tertiary/aromatic N) is 2. The monoisotopic (exact) mass is 467 g/mol. The quantitative estimate of drug-likeness (QED) is 0.317. The second-order valence-corrected chi connectivity index (χ2v) is 8.38. The molecule has 0 radical (unpaired) electrons. The molecule has 4 rings (SSSR count). The number of aromatic nitrogens is 2. The molecule has 1 amide bonds. The van der Waals surface area contributed by atoms with Crippen molar-refractivity contribution in [1.29, 1.82) is 0 Å². The van der Waals surface area contributed by atoms with Gasteiger partial charge in [-0.3, -0.25) is 9.48 Å². The van der Waals surface area contributed by atoms with Crippen LogP contribution in [0.1, 0.15) is 27.8 Å². The van der Waals surface area contributed by atoms with E-state index in [1.54, 1.807) is 23.9 Å². The minimum Gasteiger partial charge on any atom is -0.496 e. The molecule has 0 spiro atoms. The van der Waals surface area contributed by atoms with Crippen LogP contribution in [0.25, 0.3) is 6.08 Å². The van der Waals surface area contributed by atoms with E-state index in [0.717, 1.165) is 33.8 Å². The first-order valence-electron chi connectivity index (χ1n) is 11.4. The van der Waals surface area contributed by atoms with Gasteiger partial charge in [-0.25, -0.2) is 0 Å². The van der Waals surface area contributed by atoms with Crippen LogP contribution in [0.3, 0.4) is 0 Å². The van der Waals surface area contributed by atoms with Gasteiger partial charge < -0.3 is 14.8 Å². The van der Waals surface area contributed by atoms with Crippen molar-refractivity contribution >= 4 is 17.8 Å². The third-order valence-corrected chi connectivity index (χ3v) is 5.47. The molecule has 1 heterocycles. The number of hydrogen-bond donors (Lipinski definition) is 1. The fourth-order valence-electron chi connectivity index (χ4n) is 3.62. The Morgan fingerprint density at radius 3 is 2.60 bits per heavy atom. The predicted molar refractivity (Wildman–Crippen MR) is 139 cm³/mol. The van der Waals surface area contributed by atoms with E-state index in [0.29, 0.717) is 19.0 Å². The van der Waals surface area contributed by atoms with Crippen LogP contribution in [0.4, 0.5) is 5.82 Å². The zero-order valence-electron chi connectivity index (χ0n) is 20.2. The highest BCUT2D eigenvalue weighted by molar-refractivity contribution is 6.01. The molecule has 0 aliphatic rings. The van der Waals surface area contributed by atoms with Crippen molar-refractivity contribution < 1.29 is 14.3 Å². The van der Waals surface area contributed by atoms with Gasteiger partial charge in [0.05, 0.1) is 13.7 Å². The minimum atomic E-state index is -0.251. The predicted octanol–water partition coefficient (Wildman–Crippen LogP) is 5.79. The first kappa shape index (κ1) is 23.8. The number of nitrogens with one attached hydrogen (secondary N) is 1. The SMILES string of the molecule is COc1ccc(/C=C/C(=O)Nc2ccn(Cc3ccc(C)cc3)n2)cc1COc1cccc(C)c1. The number of aryl methyl sites for hydroxylation is 2. The third-order valence-electron chi connectivity index (χ3n) is 5.47. The highest BCUT2D eigenvalue weighted by Crippen LogP contribution is 2.23. The lowest BCUT2D eigenvalue weighted by Crippen LogP contribution is -2.09. The maximum absolute atomic E-state index is 12.4. The highest BCUT2D eigenvalue weighted by atomic mass is 16.5. The Morgan fingerprint density at radius 2 is 1.83 bits per heavy atom. The van der Waals surface area contributed by atoms with E-state index in [1.165, 1.54) is 11.6 Å². The number of carbonyl (C=O) groups excluding carboxylic acids is 1. The van der Waals surface area contributed by atoms with Gasteiger partial charge >= 0.3 is 0 Å². The van der Waals surface area contributed by atoms with Gasteiger partial charge in [-0.05, 0) is 60.9 Å². The van der Waals surface area contributed by atoms with Crippen LogP contribution >= 0.6 is 0 Å². The minimum absolute atomic E-state index is 0.251. The van der Waals surface area contributed by atoms with Crippen LogP contribution in [-0.2, 0) is 17.9 Å². The number of anilines is 1. The molecule has 4 aromatic rings. The molecule has 1 aromatic heterocycles. The second-order valence-electron chi connectivity index (χ2n) is 8.38. The summed E-state index contributed by atoms with van der Waals surface area (Å²) >= 11 is 0. The van der Waals surface area contributed by atoms with Crippen molar-refractivity contribution in [2.24, 2.45) is 0 Å². The summed E-state index contributed by atoms with van der Waals surface area (Å²) in [6.07, 6.45) is 5.10. The zero-order chi connectivity index (χ0) is 24.6. The van der Waals surface area contributed by atoms with Gasteiger partial charge in [-0.1, -0.05) is 48.0 Å². The summed E-state index contributed by atoms with van der Waals surface area (Å²) in [5, 5.41) is 7.25. The molecule has 0 aliphatic carbocycles. The molecular weight excluding hydrogens is 438 g/mol. The van der Waals surface area contributed by atoms with Crippen LogP contribution in [0.2, 0.25) is 0 Å². The Balaban J connectivity index is 1.36. The number of carbonyl (C=O) groups is 1. The molecule has 6 heteroatoms. The van der Waals surface area contributed by atoms with Crippen LogP contribution < -0.4 is 14.8 Å². The number of amides is 1. The number of methoxy groups -OCH3 is 1. The summed E-state index contributed by atoms with van der Waals surface area (Å²) in [6, 6.07) is 23.7. The Hall–Kier alpha value is -4.32. The zero-order valence-corrected chi connectivity index (χ0v) is 20.2. The summed E-state index contributed by atoms with van der Waals surface area (Å²) in [6.45, 7) is 5.09. The topological polar surface area (TPSA) is 65.4 Å². The van der Waals surface area contributed by atoms with Crippen molar-refractivity contribution in [3.05, 3.63) is 113 Å². The van der Waals surface area contributed by atoms with E-state index in [-0.39, 0.29) is 5.91 Å². The molecule has 0 unspecified atom stereocenters. The van der Waals surface area contributed by atoms with Crippen molar-refractivity contribution in [3.63, 3.8) is 0 Å². The van der Waals surface area contributed by atoms with E-state index in [1.807, 2.05) is 55.6 Å². The Morgan fingerprint density at radius 1 is 1.00 bits per heavy atom. The van der Waals surface area contributed by atoms with E-state index >= 15 is 0 Å². The summed E-state index contributed by atoms with van der Waals surface area (Å²) in [5.74, 6) is 1.79. The largest absolute Gasteiger partial charge is 0.496 e. The van der Waals surface area contributed by atoms with Crippen LogP contribution in [0.5, 0.6) is 11.5 Å². The van der Waals surface area contributed by atoms with Crippen molar-refractivity contribution in [1.82, 2.24) is 9.78 Å². The normalized spacial score (nSPS) is 10.9. The van der Waals surface area contributed by atoms with Gasteiger partial charge in [0, 0.05) is 23.9 Å². The average molecular weight is 468 g/mol. The second kappa shape index (κ2) is 11.2. The van der Waals surface area contributed by atoms with Crippen LogP contribution in [0, 0.1) is 13.8 Å². The highest BCUT2D eigenvalue weighted by Gasteiger charge is 2.07. The number of rotatable bonds is 9. The maximum Gasteiger partial charge on any atom is 0.249 e. The molecule has 0 saturated carbocycles. The number of hydrogen-bond acceptors (Lipinski definition) is 4. The first-order valence-corrected chi connectivity index (χ1v) is 11.4. The lowest BCUT2D eigenvalue weighted by molar-refractivity contribution is -0.111. The van der Waals surface area contributed by atoms with Gasteiger partial charge in [-0.15, -0.1) is 0 Å². The maximum atomic E-state index is 12.4. The summed E-state index contributed by atoms with van der Waals surface area (Å²) in [7, 11) is 1.63. The lowest BCUT2D eigenvalue weighted by Gasteiger charge is -2.11. The standard InChI is InChI=1S/C29H29N3O3/c1-21-7-9-24(10-8-21)19-32-16-15-28(31-32)30-29(33)14-12-23-11-13-27(34-3)25(18-23)20-35-26-6-4-5-22(2)17-26/h4-18H,19-20H2,1-3H3,(H,30,31,33)/b14-12+. The number of benzene rings is 3. The lowest BCUT2D eigenvalue weighted by atomic mass is 10.1. The molecule has 0 saturated heterocycles. The average Bonchev–Trinajstić information content (AvgIpc) is 3.29. The van der Waals surface area contributed by atoms with Crippen LogP contribution in [0.15, 0.2) is 85.1 Å². The van der Waals surface area contributed by atoms with E-state index in [9.17, 15) is 4.79 Å². The summed E-state index contributed by atoms with van der Waals surface area (Å²) in [4.78, 5) is 12.4. The molecule has 0 atom stereocenters. The fourth-order valence-corrected chi connectivity index (χ4v) is 3.62. The van der Waals surface area contributed by atoms with Gasteiger partial charge in [-0.2, -0.15) is 5.10 Å². The third kappa shape index (κ3) is 6.84. The molecule has 0 bridgehead atoms. The summed E-state index contributed by atoms with van der Waals surface area (Å²) < 4.78 is 13.2. The molecule has 0 fully saturated rings. The molecule has 178 valence electrons. The van der Waals surface area contributed by atoms with E-state index < -0.39 is 0 Å². The first-order chi connectivity index (χ1) is 17.0. The van der Waals surface area contributed by atoms with Crippen molar-refractivity contribution in [2.45, 2.75) is 27.0 Å². The fraction of sp³-hybridized carbons (Fsp3) is 0.172. The van der Waals surface area contributed by atoms with Crippen molar-refractivity contribution in [3.8, 4) is 11.5 Å². The molecule has 0 aliphatic heterocycles. The van der Waals surface area contributed by atoms with Gasteiger partial charge in [0.15, 0.2) is 5.82 Å². The van der Waals surface area contributed by atoms with Gasteiger partial charge in [0.25, 0.3) is 0 Å². The summed E-state index contributed by atoms with van der Waals surface area (Å²) in [5.41, 5.74) is 5.27. The molecule has 35 heavy (non-hydrogen) atoms. The van der Waals surface area contributed by atoms with E-state index in [4.69, 9.17) is 9.47 Å². The van der Waals surface area contributed by atoms with Crippen LogP contribution in [-0.4, -0.2) is 22.8 Å². The Kier molecular flexibility index (Phi) is 7.63. The Labute approximate surface area is 205 Å². The Bertz CT molecular complexity index is 1320. The molecule has 1 N–H and O–H groups in total. The van der Waals surface area contributed by atoms with E-state index in [2.05, 4.69) is 41.6 Å². The van der Waals surface area contributed by atoms with Gasteiger partial charge in [0.2, 0.25) is 5.91 Å².